The van der Waals surface area contributed by atoms with Crippen molar-refractivity contribution in [3.05, 3.63) is 65.4 Å². The second kappa shape index (κ2) is 9.77. The standard InChI is InChI=1S/C27H27F3N4O2S2/c28-27(29,30)24-17-37-26(32-24)23-16-34(38(35,36)21-6-2-1-3-7-21)25-22(23)14-19(15-31-25)18-8-10-20(11-9-18)33-12-4-5-13-33/h1-3,6-7,14-18,20H,4-5,8-13H2. The zero-order chi connectivity index (χ0) is 26.5. The average molecular weight is 561 g/mol. The van der Waals surface area contributed by atoms with Crippen molar-refractivity contribution in [1.82, 2.24) is 18.8 Å². The van der Waals surface area contributed by atoms with Crippen molar-refractivity contribution in [2.24, 2.45) is 0 Å². The number of thiazole rings is 1. The molecule has 1 aliphatic carbocycles. The molecule has 0 unspecified atom stereocenters. The van der Waals surface area contributed by atoms with E-state index in [2.05, 4.69) is 14.9 Å². The molecule has 0 amide bonds. The Kier molecular flexibility index (Phi) is 6.56. The molecule has 200 valence electrons. The molecule has 38 heavy (non-hydrogen) atoms. The summed E-state index contributed by atoms with van der Waals surface area (Å²) in [5.74, 6) is 0.273. The molecular weight excluding hydrogens is 533 g/mol. The normalized spacial score (nSPS) is 21.3. The summed E-state index contributed by atoms with van der Waals surface area (Å²) in [5, 5.41) is 1.56. The van der Waals surface area contributed by atoms with Gasteiger partial charge in [0.25, 0.3) is 10.0 Å². The second-order valence-corrected chi connectivity index (χ2v) is 12.8. The van der Waals surface area contributed by atoms with Crippen molar-refractivity contribution < 1.29 is 21.6 Å². The molecule has 1 saturated heterocycles. The van der Waals surface area contributed by atoms with Crippen LogP contribution in [0.5, 0.6) is 0 Å². The molecule has 0 bridgehead atoms. The van der Waals surface area contributed by atoms with E-state index in [1.54, 1.807) is 24.4 Å². The van der Waals surface area contributed by atoms with Crippen LogP contribution in [0.25, 0.3) is 21.6 Å². The maximum atomic E-state index is 13.5. The molecule has 2 fully saturated rings. The van der Waals surface area contributed by atoms with Crippen molar-refractivity contribution >= 4 is 32.4 Å². The molecule has 0 atom stereocenters. The smallest absolute Gasteiger partial charge is 0.300 e. The Morgan fingerprint density at radius 3 is 2.37 bits per heavy atom. The fourth-order valence-corrected chi connectivity index (χ4v) is 7.98. The van der Waals surface area contributed by atoms with Gasteiger partial charge in [-0.2, -0.15) is 13.2 Å². The van der Waals surface area contributed by atoms with E-state index in [0.717, 1.165) is 51.9 Å². The monoisotopic (exact) mass is 560 g/mol. The highest BCUT2D eigenvalue weighted by molar-refractivity contribution is 7.90. The minimum absolute atomic E-state index is 0.0738. The van der Waals surface area contributed by atoms with Crippen molar-refractivity contribution in [2.45, 2.75) is 61.6 Å². The van der Waals surface area contributed by atoms with E-state index in [-0.39, 0.29) is 21.5 Å². The quantitative estimate of drug-likeness (QED) is 0.277. The number of pyridine rings is 1. The predicted molar refractivity (Wildman–Crippen MR) is 141 cm³/mol. The molecule has 1 aliphatic heterocycles. The van der Waals surface area contributed by atoms with Crippen molar-refractivity contribution in [3.8, 4) is 10.6 Å². The third kappa shape index (κ3) is 4.65. The van der Waals surface area contributed by atoms with Crippen LogP contribution in [0.1, 0.15) is 55.7 Å². The third-order valence-electron chi connectivity index (χ3n) is 7.78. The van der Waals surface area contributed by atoms with Gasteiger partial charge in [0.2, 0.25) is 0 Å². The van der Waals surface area contributed by atoms with E-state index in [9.17, 15) is 21.6 Å². The fraction of sp³-hybridized carbons (Fsp3) is 0.407. The van der Waals surface area contributed by atoms with Gasteiger partial charge in [-0.3, -0.25) is 0 Å². The number of alkyl halides is 3. The molecule has 1 aromatic carbocycles. The molecule has 2 aliphatic rings. The van der Waals surface area contributed by atoms with Crippen LogP contribution in [0.4, 0.5) is 13.2 Å². The Morgan fingerprint density at radius 2 is 1.71 bits per heavy atom. The van der Waals surface area contributed by atoms with Crippen molar-refractivity contribution in [1.29, 1.82) is 0 Å². The number of rotatable bonds is 5. The number of halogens is 3. The van der Waals surface area contributed by atoms with Gasteiger partial charge in [-0.05, 0) is 81.3 Å². The summed E-state index contributed by atoms with van der Waals surface area (Å²) in [4.78, 5) is 11.1. The molecule has 1 saturated carbocycles. The lowest BCUT2D eigenvalue weighted by Crippen LogP contribution is -2.35. The van der Waals surface area contributed by atoms with Crippen molar-refractivity contribution in [2.75, 3.05) is 13.1 Å². The molecule has 0 spiro atoms. The number of hydrogen-bond donors (Lipinski definition) is 0. The maximum absolute atomic E-state index is 13.5. The first-order chi connectivity index (χ1) is 18.2. The molecule has 4 aromatic rings. The maximum Gasteiger partial charge on any atom is 0.434 e. The summed E-state index contributed by atoms with van der Waals surface area (Å²) in [5.41, 5.74) is 0.511. The summed E-state index contributed by atoms with van der Waals surface area (Å²) in [6.45, 7) is 2.34. The first-order valence-electron chi connectivity index (χ1n) is 12.8. The van der Waals surface area contributed by atoms with Crippen LogP contribution < -0.4 is 0 Å². The third-order valence-corrected chi connectivity index (χ3v) is 10.3. The molecule has 6 nitrogen and oxygen atoms in total. The Morgan fingerprint density at radius 1 is 1.00 bits per heavy atom. The first kappa shape index (κ1) is 25.5. The van der Waals surface area contributed by atoms with Crippen LogP contribution in [0.2, 0.25) is 0 Å². The van der Waals surface area contributed by atoms with E-state index in [1.807, 2.05) is 6.07 Å². The highest BCUT2D eigenvalue weighted by Gasteiger charge is 2.35. The minimum atomic E-state index is -4.58. The van der Waals surface area contributed by atoms with Gasteiger partial charge >= 0.3 is 6.18 Å². The number of aromatic nitrogens is 3. The number of benzene rings is 1. The Balaban J connectivity index is 1.41. The lowest BCUT2D eigenvalue weighted by molar-refractivity contribution is -0.140. The fourth-order valence-electron chi connectivity index (χ4n) is 5.79. The van der Waals surface area contributed by atoms with Gasteiger partial charge in [0.15, 0.2) is 11.3 Å². The highest BCUT2D eigenvalue weighted by Crippen LogP contribution is 2.41. The van der Waals surface area contributed by atoms with Gasteiger partial charge in [0.05, 0.1) is 4.90 Å². The van der Waals surface area contributed by atoms with Gasteiger partial charge < -0.3 is 4.90 Å². The molecule has 11 heteroatoms. The molecule has 6 rings (SSSR count). The predicted octanol–water partition coefficient (Wildman–Crippen LogP) is 6.54. The zero-order valence-corrected chi connectivity index (χ0v) is 22.2. The summed E-state index contributed by atoms with van der Waals surface area (Å²) < 4.78 is 68.1. The second-order valence-electron chi connectivity index (χ2n) is 10.1. The Labute approximate surface area is 223 Å². The molecular formula is C27H27F3N4O2S2. The summed E-state index contributed by atoms with van der Waals surface area (Å²) in [7, 11) is -4.03. The van der Waals surface area contributed by atoms with Gasteiger partial charge in [-0.1, -0.05) is 18.2 Å². The largest absolute Gasteiger partial charge is 0.434 e. The molecule has 4 heterocycles. The minimum Gasteiger partial charge on any atom is -0.300 e. The van der Waals surface area contributed by atoms with E-state index in [0.29, 0.717) is 17.0 Å². The van der Waals surface area contributed by atoms with Gasteiger partial charge in [0, 0.05) is 34.8 Å². The van der Waals surface area contributed by atoms with Gasteiger partial charge in [-0.15, -0.1) is 11.3 Å². The van der Waals surface area contributed by atoms with Crippen LogP contribution in [-0.2, 0) is 16.2 Å². The van der Waals surface area contributed by atoms with Crippen LogP contribution in [0.3, 0.4) is 0 Å². The number of likely N-dealkylation sites (tertiary alicyclic amines) is 1. The SMILES string of the molecule is O=S(=O)(c1ccccc1)n1cc(-c2nc(C(F)(F)F)cs2)c2cc(C3CCC(N4CCCC4)CC3)cnc21. The van der Waals surface area contributed by atoms with Crippen LogP contribution in [0, 0.1) is 0 Å². The summed E-state index contributed by atoms with van der Waals surface area (Å²) >= 11 is 0.847. The molecule has 3 aromatic heterocycles. The first-order valence-corrected chi connectivity index (χ1v) is 15.1. The van der Waals surface area contributed by atoms with Gasteiger partial charge in [0.1, 0.15) is 5.01 Å². The summed E-state index contributed by atoms with van der Waals surface area (Å²) in [6.07, 6.45) is 5.23. The lowest BCUT2D eigenvalue weighted by Gasteiger charge is -2.34. The van der Waals surface area contributed by atoms with Crippen LogP contribution in [-0.4, -0.2) is 46.4 Å². The van der Waals surface area contributed by atoms with E-state index in [1.165, 1.54) is 44.3 Å². The highest BCUT2D eigenvalue weighted by atomic mass is 32.2. The number of hydrogen-bond acceptors (Lipinski definition) is 6. The average Bonchev–Trinajstić information content (AvgIpc) is 3.69. The Bertz CT molecular complexity index is 1550. The molecule has 0 N–H and O–H groups in total. The topological polar surface area (TPSA) is 68.1 Å². The Hall–Kier alpha value is -2.76. The van der Waals surface area contributed by atoms with E-state index >= 15 is 0 Å². The lowest BCUT2D eigenvalue weighted by atomic mass is 9.81. The van der Waals surface area contributed by atoms with E-state index < -0.39 is 21.9 Å². The van der Waals surface area contributed by atoms with Gasteiger partial charge in [-0.25, -0.2) is 22.4 Å². The molecule has 0 radical (unpaired) electrons. The van der Waals surface area contributed by atoms with Crippen molar-refractivity contribution in [3.63, 3.8) is 0 Å². The zero-order valence-electron chi connectivity index (χ0n) is 20.6. The van der Waals surface area contributed by atoms with Crippen LogP contribution in [0.15, 0.2) is 59.1 Å². The summed E-state index contributed by atoms with van der Waals surface area (Å²) in [6, 6.07) is 10.5. The van der Waals surface area contributed by atoms with Crippen LogP contribution >= 0.6 is 11.3 Å². The van der Waals surface area contributed by atoms with E-state index in [4.69, 9.17) is 0 Å². The number of fused-ring (bicyclic) bond motifs is 1. The number of nitrogens with zero attached hydrogens (tertiary/aromatic N) is 4.